The van der Waals surface area contributed by atoms with E-state index in [0.29, 0.717) is 26.3 Å². The van der Waals surface area contributed by atoms with Gasteiger partial charge in [0.1, 0.15) is 0 Å². The lowest BCUT2D eigenvalue weighted by Crippen LogP contribution is -2.33. The number of hydrogen-bond donors (Lipinski definition) is 0. The molecule has 0 fully saturated rings. The molecule has 1 rings (SSSR count). The first-order valence-electron chi connectivity index (χ1n) is 5.21. The van der Waals surface area contributed by atoms with Crippen molar-refractivity contribution in [2.24, 2.45) is 0 Å². The van der Waals surface area contributed by atoms with Crippen molar-refractivity contribution in [3.63, 3.8) is 0 Å². The van der Waals surface area contributed by atoms with Gasteiger partial charge in [0.25, 0.3) is 10.0 Å². The quantitative estimate of drug-likeness (QED) is 0.721. The predicted octanol–water partition coefficient (Wildman–Crippen LogP) is 1.84. The SMILES string of the molecule is CCOCCN(CC)S(=O)(=O)c1cnc(Cl)s1. The zero-order valence-electron chi connectivity index (χ0n) is 9.72. The Morgan fingerprint density at radius 2 is 2.24 bits per heavy atom. The summed E-state index contributed by atoms with van der Waals surface area (Å²) in [7, 11) is -3.49. The average molecular weight is 299 g/mol. The summed E-state index contributed by atoms with van der Waals surface area (Å²) in [5, 5.41) is 0. The van der Waals surface area contributed by atoms with Crippen molar-refractivity contribution in [2.45, 2.75) is 18.1 Å². The first-order chi connectivity index (χ1) is 8.02. The fraction of sp³-hybridized carbons (Fsp3) is 0.667. The second-order valence-electron chi connectivity index (χ2n) is 3.13. The monoisotopic (exact) mass is 298 g/mol. The van der Waals surface area contributed by atoms with Crippen molar-refractivity contribution in [2.75, 3.05) is 26.3 Å². The number of aromatic nitrogens is 1. The summed E-state index contributed by atoms with van der Waals surface area (Å²) in [5.41, 5.74) is 0. The van der Waals surface area contributed by atoms with E-state index in [0.717, 1.165) is 11.3 Å². The van der Waals surface area contributed by atoms with Gasteiger partial charge in [-0.05, 0) is 6.92 Å². The van der Waals surface area contributed by atoms with Crippen LogP contribution < -0.4 is 0 Å². The molecular formula is C9H15ClN2O3S2. The van der Waals surface area contributed by atoms with Crippen LogP contribution >= 0.6 is 22.9 Å². The van der Waals surface area contributed by atoms with Crippen LogP contribution in [-0.4, -0.2) is 44.0 Å². The van der Waals surface area contributed by atoms with E-state index >= 15 is 0 Å². The lowest BCUT2D eigenvalue weighted by Gasteiger charge is -2.18. The molecule has 17 heavy (non-hydrogen) atoms. The van der Waals surface area contributed by atoms with Crippen molar-refractivity contribution in [1.82, 2.24) is 9.29 Å². The van der Waals surface area contributed by atoms with Crippen LogP contribution in [0.4, 0.5) is 0 Å². The molecule has 1 heterocycles. The lowest BCUT2D eigenvalue weighted by atomic mass is 10.6. The molecule has 0 unspecified atom stereocenters. The summed E-state index contributed by atoms with van der Waals surface area (Å²) in [4.78, 5) is 3.74. The van der Waals surface area contributed by atoms with E-state index in [2.05, 4.69) is 4.98 Å². The van der Waals surface area contributed by atoms with Gasteiger partial charge in [-0.2, -0.15) is 4.31 Å². The van der Waals surface area contributed by atoms with E-state index in [1.165, 1.54) is 10.5 Å². The number of hydrogen-bond acceptors (Lipinski definition) is 5. The molecule has 0 bridgehead atoms. The minimum absolute atomic E-state index is 0.167. The highest BCUT2D eigenvalue weighted by Crippen LogP contribution is 2.25. The third-order valence-corrected chi connectivity index (χ3v) is 5.62. The fourth-order valence-corrected chi connectivity index (χ4v) is 4.13. The number of sulfonamides is 1. The molecule has 0 aromatic carbocycles. The molecule has 0 atom stereocenters. The van der Waals surface area contributed by atoms with Crippen molar-refractivity contribution in [3.05, 3.63) is 10.7 Å². The number of halogens is 1. The van der Waals surface area contributed by atoms with E-state index < -0.39 is 10.0 Å². The molecule has 0 spiro atoms. The highest BCUT2D eigenvalue weighted by molar-refractivity contribution is 7.91. The minimum atomic E-state index is -3.49. The molecule has 0 N–H and O–H groups in total. The predicted molar refractivity (Wildman–Crippen MR) is 68.0 cm³/mol. The summed E-state index contributed by atoms with van der Waals surface area (Å²) in [6.45, 7) is 5.34. The first-order valence-corrected chi connectivity index (χ1v) is 7.85. The zero-order chi connectivity index (χ0) is 12.9. The Morgan fingerprint density at radius 1 is 1.53 bits per heavy atom. The first kappa shape index (κ1) is 14.8. The van der Waals surface area contributed by atoms with Gasteiger partial charge >= 0.3 is 0 Å². The van der Waals surface area contributed by atoms with Crippen LogP contribution in [0, 0.1) is 0 Å². The Hall–Kier alpha value is -0.210. The molecule has 98 valence electrons. The largest absolute Gasteiger partial charge is 0.380 e. The number of ether oxygens (including phenoxy) is 1. The van der Waals surface area contributed by atoms with Crippen molar-refractivity contribution in [1.29, 1.82) is 0 Å². The van der Waals surface area contributed by atoms with Gasteiger partial charge in [0.15, 0.2) is 8.68 Å². The molecule has 0 saturated heterocycles. The van der Waals surface area contributed by atoms with Gasteiger partial charge < -0.3 is 4.74 Å². The standard InChI is InChI=1S/C9H15ClN2O3S2/c1-3-12(5-6-15-4-2)17(13,14)8-7-11-9(10)16-8/h7H,3-6H2,1-2H3. The van der Waals surface area contributed by atoms with Crippen LogP contribution in [0.1, 0.15) is 13.8 Å². The van der Waals surface area contributed by atoms with Gasteiger partial charge in [-0.25, -0.2) is 13.4 Å². The zero-order valence-corrected chi connectivity index (χ0v) is 12.1. The van der Waals surface area contributed by atoms with Crippen molar-refractivity contribution in [3.8, 4) is 0 Å². The normalized spacial score (nSPS) is 12.2. The van der Waals surface area contributed by atoms with E-state index in [9.17, 15) is 8.42 Å². The van der Waals surface area contributed by atoms with Crippen molar-refractivity contribution < 1.29 is 13.2 Å². The molecule has 0 aliphatic rings. The molecule has 0 saturated carbocycles. The number of thiazole rings is 1. The summed E-state index contributed by atoms with van der Waals surface area (Å²) in [5.74, 6) is 0. The molecule has 1 aromatic heterocycles. The summed E-state index contributed by atoms with van der Waals surface area (Å²) in [6, 6.07) is 0. The summed E-state index contributed by atoms with van der Waals surface area (Å²) >= 11 is 6.60. The molecule has 0 amide bonds. The molecule has 1 aromatic rings. The minimum Gasteiger partial charge on any atom is -0.380 e. The molecule has 0 aliphatic heterocycles. The van der Waals surface area contributed by atoms with Crippen LogP contribution in [0.3, 0.4) is 0 Å². The molecule has 8 heteroatoms. The molecule has 0 aliphatic carbocycles. The summed E-state index contributed by atoms with van der Waals surface area (Å²) < 4.78 is 31.2. The van der Waals surface area contributed by atoms with E-state index in [1.807, 2.05) is 6.92 Å². The number of likely N-dealkylation sites (N-methyl/N-ethyl adjacent to an activating group) is 1. The molecule has 0 radical (unpaired) electrons. The van der Waals surface area contributed by atoms with Gasteiger partial charge in [0.2, 0.25) is 0 Å². The Kier molecular flexibility index (Phi) is 5.81. The second-order valence-corrected chi connectivity index (χ2v) is 6.90. The van der Waals surface area contributed by atoms with Gasteiger partial charge in [0, 0.05) is 19.7 Å². The topological polar surface area (TPSA) is 59.5 Å². The van der Waals surface area contributed by atoms with Crippen LogP contribution in [0.25, 0.3) is 0 Å². The summed E-state index contributed by atoms with van der Waals surface area (Å²) in [6.07, 6.45) is 1.28. The van der Waals surface area contributed by atoms with Crippen LogP contribution in [0.15, 0.2) is 10.4 Å². The van der Waals surface area contributed by atoms with Crippen LogP contribution in [-0.2, 0) is 14.8 Å². The van der Waals surface area contributed by atoms with Crippen LogP contribution in [0.2, 0.25) is 4.47 Å². The van der Waals surface area contributed by atoms with E-state index in [4.69, 9.17) is 16.3 Å². The van der Waals surface area contributed by atoms with Gasteiger partial charge in [-0.15, -0.1) is 0 Å². The van der Waals surface area contributed by atoms with E-state index in [-0.39, 0.29) is 8.68 Å². The molecule has 5 nitrogen and oxygen atoms in total. The molecular weight excluding hydrogens is 284 g/mol. The maximum Gasteiger partial charge on any atom is 0.254 e. The number of rotatable bonds is 7. The second kappa shape index (κ2) is 6.65. The maximum atomic E-state index is 12.2. The van der Waals surface area contributed by atoms with Crippen molar-refractivity contribution >= 4 is 33.0 Å². The Labute approximate surface area is 110 Å². The van der Waals surface area contributed by atoms with Crippen LogP contribution in [0.5, 0.6) is 0 Å². The maximum absolute atomic E-state index is 12.2. The Morgan fingerprint density at radius 3 is 2.71 bits per heavy atom. The highest BCUT2D eigenvalue weighted by atomic mass is 35.5. The third-order valence-electron chi connectivity index (χ3n) is 2.09. The van der Waals surface area contributed by atoms with E-state index in [1.54, 1.807) is 6.92 Å². The van der Waals surface area contributed by atoms with Gasteiger partial charge in [-0.3, -0.25) is 0 Å². The Bertz CT molecular complexity index is 447. The van der Waals surface area contributed by atoms with Gasteiger partial charge in [0.05, 0.1) is 12.8 Å². The average Bonchev–Trinajstić information content (AvgIpc) is 2.71. The lowest BCUT2D eigenvalue weighted by molar-refractivity contribution is 0.135. The van der Waals surface area contributed by atoms with Gasteiger partial charge in [-0.1, -0.05) is 29.9 Å². The fourth-order valence-electron chi connectivity index (χ4n) is 1.24. The third kappa shape index (κ3) is 3.89. The Balaban J connectivity index is 2.79. The number of nitrogens with zero attached hydrogens (tertiary/aromatic N) is 2. The smallest absolute Gasteiger partial charge is 0.254 e. The highest BCUT2D eigenvalue weighted by Gasteiger charge is 2.25.